The molecule has 1 unspecified atom stereocenters. The molecule has 1 aromatic rings. The molecular weight excluding hydrogens is 230 g/mol. The monoisotopic (exact) mass is 261 g/mol. The number of aryl methyl sites for hydroxylation is 1. The Morgan fingerprint density at radius 3 is 1.89 bits per heavy atom. The van der Waals surface area contributed by atoms with E-state index in [0.29, 0.717) is 6.04 Å². The van der Waals surface area contributed by atoms with E-state index in [1.807, 2.05) is 0 Å². The summed E-state index contributed by atoms with van der Waals surface area (Å²) in [7, 11) is 0. The highest BCUT2D eigenvalue weighted by atomic mass is 14.7. The van der Waals surface area contributed by atoms with Crippen molar-refractivity contribution < 1.29 is 0 Å². The minimum Gasteiger partial charge on any atom is -0.327 e. The van der Waals surface area contributed by atoms with Crippen LogP contribution in [0, 0.1) is 5.41 Å². The summed E-state index contributed by atoms with van der Waals surface area (Å²) in [5.74, 6) is 0. The minimum absolute atomic E-state index is 0.218. The molecule has 1 heteroatoms. The Labute approximate surface area is 119 Å². The Morgan fingerprint density at radius 1 is 0.947 bits per heavy atom. The summed E-state index contributed by atoms with van der Waals surface area (Å²) in [6.07, 6.45) is 3.41. The van der Waals surface area contributed by atoms with Gasteiger partial charge in [0, 0.05) is 6.04 Å². The third kappa shape index (κ3) is 5.36. The van der Waals surface area contributed by atoms with Gasteiger partial charge < -0.3 is 5.73 Å². The maximum absolute atomic E-state index is 6.20. The third-order valence-corrected chi connectivity index (χ3v) is 3.91. The van der Waals surface area contributed by atoms with Crippen LogP contribution in [0.2, 0.25) is 0 Å². The van der Waals surface area contributed by atoms with Gasteiger partial charge in [0.2, 0.25) is 0 Å². The van der Waals surface area contributed by atoms with Crippen LogP contribution in [0.3, 0.4) is 0 Å². The summed E-state index contributed by atoms with van der Waals surface area (Å²) in [6, 6.07) is 9.35. The molecule has 2 N–H and O–H groups in total. The van der Waals surface area contributed by atoms with Gasteiger partial charge in [-0.2, -0.15) is 0 Å². The van der Waals surface area contributed by atoms with Crippen LogP contribution >= 0.6 is 0 Å². The van der Waals surface area contributed by atoms with E-state index < -0.39 is 0 Å². The summed E-state index contributed by atoms with van der Waals surface area (Å²) < 4.78 is 0. The molecule has 1 atom stereocenters. The zero-order chi connectivity index (χ0) is 14.7. The average molecular weight is 261 g/mol. The number of hydrogen-bond donors (Lipinski definition) is 1. The van der Waals surface area contributed by atoms with Gasteiger partial charge in [0.25, 0.3) is 0 Å². The van der Waals surface area contributed by atoms with Crippen molar-refractivity contribution in [1.29, 1.82) is 0 Å². The lowest BCUT2D eigenvalue weighted by molar-refractivity contribution is 0.301. The molecule has 0 saturated carbocycles. The molecule has 0 aliphatic carbocycles. The molecule has 0 heterocycles. The Hall–Kier alpha value is -0.820. The fourth-order valence-corrected chi connectivity index (χ4v) is 2.13. The topological polar surface area (TPSA) is 26.0 Å². The predicted molar refractivity (Wildman–Crippen MR) is 85.5 cm³/mol. The van der Waals surface area contributed by atoms with Gasteiger partial charge in [-0.25, -0.2) is 0 Å². The molecule has 0 fully saturated rings. The van der Waals surface area contributed by atoms with Crippen molar-refractivity contribution in [2.45, 2.75) is 72.3 Å². The molecule has 0 saturated heterocycles. The lowest BCUT2D eigenvalue weighted by atomic mass is 9.84. The van der Waals surface area contributed by atoms with Gasteiger partial charge in [-0.15, -0.1) is 0 Å². The Bertz CT molecular complexity index is 376. The first-order chi connectivity index (χ1) is 8.60. The van der Waals surface area contributed by atoms with E-state index in [1.54, 1.807) is 0 Å². The van der Waals surface area contributed by atoms with Crippen LogP contribution in [-0.2, 0) is 11.8 Å². The third-order valence-electron chi connectivity index (χ3n) is 3.91. The fourth-order valence-electron chi connectivity index (χ4n) is 2.13. The molecule has 0 aliphatic heterocycles. The van der Waals surface area contributed by atoms with E-state index in [4.69, 9.17) is 5.73 Å². The van der Waals surface area contributed by atoms with Crippen LogP contribution in [0.25, 0.3) is 0 Å². The second-order valence-corrected chi connectivity index (χ2v) is 7.81. The molecule has 0 radical (unpaired) electrons. The number of benzene rings is 1. The van der Waals surface area contributed by atoms with Gasteiger partial charge in [-0.1, -0.05) is 65.8 Å². The Balaban J connectivity index is 2.47. The van der Waals surface area contributed by atoms with E-state index >= 15 is 0 Å². The van der Waals surface area contributed by atoms with Crippen molar-refractivity contribution >= 4 is 0 Å². The molecule has 1 nitrogen and oxygen atoms in total. The summed E-state index contributed by atoms with van der Waals surface area (Å²) >= 11 is 0. The fraction of sp³-hybridized carbons (Fsp3) is 0.667. The van der Waals surface area contributed by atoms with Crippen molar-refractivity contribution in [3.8, 4) is 0 Å². The lowest BCUT2D eigenvalue weighted by Gasteiger charge is -2.27. The van der Waals surface area contributed by atoms with E-state index in [2.05, 4.69) is 65.8 Å². The van der Waals surface area contributed by atoms with Crippen molar-refractivity contribution in [2.24, 2.45) is 11.1 Å². The van der Waals surface area contributed by atoms with Gasteiger partial charge in [0.05, 0.1) is 0 Å². The van der Waals surface area contributed by atoms with Crippen LogP contribution in [-0.4, -0.2) is 6.04 Å². The number of nitrogens with two attached hydrogens (primary N) is 1. The minimum atomic E-state index is 0.218. The molecule has 0 bridgehead atoms. The molecule has 1 aromatic carbocycles. The standard InChI is InChI=1S/C18H31N/c1-17(2,3)15-12-10-14(11-13-15)8-7-9-16(19)18(4,5)6/h10-13,16H,7-9,19H2,1-6H3. The molecule has 19 heavy (non-hydrogen) atoms. The van der Waals surface area contributed by atoms with Crippen molar-refractivity contribution in [1.82, 2.24) is 0 Å². The van der Waals surface area contributed by atoms with Gasteiger partial charge in [-0.3, -0.25) is 0 Å². The lowest BCUT2D eigenvalue weighted by Crippen LogP contribution is -2.34. The van der Waals surface area contributed by atoms with E-state index in [9.17, 15) is 0 Å². The predicted octanol–water partition coefficient (Wildman–Crippen LogP) is 4.68. The van der Waals surface area contributed by atoms with Gasteiger partial charge in [-0.05, 0) is 41.2 Å². The first-order valence-corrected chi connectivity index (χ1v) is 7.46. The summed E-state index contributed by atoms with van der Waals surface area (Å²) in [5.41, 5.74) is 9.49. The molecule has 0 spiro atoms. The summed E-state index contributed by atoms with van der Waals surface area (Å²) in [6.45, 7) is 13.4. The van der Waals surface area contributed by atoms with E-state index in [1.165, 1.54) is 17.5 Å². The highest BCUT2D eigenvalue weighted by Crippen LogP contribution is 2.24. The second kappa shape index (κ2) is 6.09. The highest BCUT2D eigenvalue weighted by Gasteiger charge is 2.19. The molecule has 0 aliphatic rings. The van der Waals surface area contributed by atoms with Crippen molar-refractivity contribution in [3.63, 3.8) is 0 Å². The van der Waals surface area contributed by atoms with Gasteiger partial charge >= 0.3 is 0 Å². The molecule has 108 valence electrons. The van der Waals surface area contributed by atoms with Crippen LogP contribution in [0.4, 0.5) is 0 Å². The maximum Gasteiger partial charge on any atom is 0.00877 e. The van der Waals surface area contributed by atoms with Gasteiger partial charge in [0.15, 0.2) is 0 Å². The molecule has 0 aromatic heterocycles. The van der Waals surface area contributed by atoms with Crippen LogP contribution in [0.15, 0.2) is 24.3 Å². The Kier molecular flexibility index (Phi) is 5.20. The van der Waals surface area contributed by atoms with E-state index in [0.717, 1.165) is 12.8 Å². The SMILES string of the molecule is CC(C)(C)c1ccc(CCCC(N)C(C)(C)C)cc1. The molecule has 0 amide bonds. The first kappa shape index (κ1) is 16.2. The average Bonchev–Trinajstić information content (AvgIpc) is 2.27. The van der Waals surface area contributed by atoms with E-state index in [-0.39, 0.29) is 10.8 Å². The normalized spacial score (nSPS) is 14.5. The maximum atomic E-state index is 6.20. The second-order valence-electron chi connectivity index (χ2n) is 7.81. The summed E-state index contributed by atoms with van der Waals surface area (Å²) in [4.78, 5) is 0. The Morgan fingerprint density at radius 2 is 1.47 bits per heavy atom. The number of hydrogen-bond acceptors (Lipinski definition) is 1. The zero-order valence-electron chi connectivity index (χ0n) is 13.6. The van der Waals surface area contributed by atoms with Crippen LogP contribution < -0.4 is 5.73 Å². The zero-order valence-corrected chi connectivity index (χ0v) is 13.6. The van der Waals surface area contributed by atoms with Crippen LogP contribution in [0.1, 0.15) is 65.5 Å². The summed E-state index contributed by atoms with van der Waals surface area (Å²) in [5, 5.41) is 0. The quantitative estimate of drug-likeness (QED) is 0.836. The molecular formula is C18H31N. The van der Waals surface area contributed by atoms with Crippen molar-refractivity contribution in [2.75, 3.05) is 0 Å². The van der Waals surface area contributed by atoms with Gasteiger partial charge in [0.1, 0.15) is 0 Å². The first-order valence-electron chi connectivity index (χ1n) is 7.46. The largest absolute Gasteiger partial charge is 0.327 e. The van der Waals surface area contributed by atoms with Crippen LogP contribution in [0.5, 0.6) is 0 Å². The smallest absolute Gasteiger partial charge is 0.00877 e. The highest BCUT2D eigenvalue weighted by molar-refractivity contribution is 5.27. The molecule has 1 rings (SSSR count). The van der Waals surface area contributed by atoms with Crippen molar-refractivity contribution in [3.05, 3.63) is 35.4 Å². The number of rotatable bonds is 4.